The first-order valence-electron chi connectivity index (χ1n) is 6.25. The fraction of sp³-hybridized carbons (Fsp3) is 0. The van der Waals surface area contributed by atoms with Crippen LogP contribution in [-0.4, -0.2) is 11.2 Å². The molecule has 0 aliphatic carbocycles. The largest absolute Gasteiger partial charge is 0.455 e. The lowest BCUT2D eigenvalue weighted by Gasteiger charge is -1.97. The van der Waals surface area contributed by atoms with Gasteiger partial charge >= 0.3 is 0 Å². The van der Waals surface area contributed by atoms with Crippen molar-refractivity contribution in [3.63, 3.8) is 0 Å². The maximum atomic E-state index is 8.79. The van der Waals surface area contributed by atoms with E-state index in [9.17, 15) is 0 Å². The minimum absolute atomic E-state index is 0.145. The summed E-state index contributed by atoms with van der Waals surface area (Å²) in [5.74, 6) is 1.50. The van der Waals surface area contributed by atoms with E-state index in [0.717, 1.165) is 15.8 Å². The quantitative estimate of drug-likeness (QED) is 0.563. The molecule has 0 unspecified atom stereocenters. The van der Waals surface area contributed by atoms with Crippen molar-refractivity contribution < 1.29 is 8.83 Å². The standard InChI is InChI=1S/C15H9BrN4O2/c16-11-3-1-2-10(6-11)14-5-4-12(22-14)8-19-20-15-13(7-17)18-9-21-15/h1-6,8-9,20H. The summed E-state index contributed by atoms with van der Waals surface area (Å²) in [6, 6.07) is 13.3. The van der Waals surface area contributed by atoms with E-state index in [1.165, 1.54) is 12.6 Å². The number of rotatable bonds is 4. The molecule has 0 saturated carbocycles. The van der Waals surface area contributed by atoms with Crippen LogP contribution in [0.2, 0.25) is 0 Å². The van der Waals surface area contributed by atoms with Crippen LogP contribution < -0.4 is 5.43 Å². The Morgan fingerprint density at radius 3 is 3.05 bits per heavy atom. The molecule has 108 valence electrons. The van der Waals surface area contributed by atoms with E-state index in [4.69, 9.17) is 14.1 Å². The zero-order valence-corrected chi connectivity index (χ0v) is 12.7. The Bertz CT molecular complexity index is 860. The van der Waals surface area contributed by atoms with Crippen LogP contribution in [0.1, 0.15) is 11.5 Å². The van der Waals surface area contributed by atoms with Gasteiger partial charge in [-0.25, -0.2) is 10.4 Å². The molecule has 2 heterocycles. The molecule has 0 atom stereocenters. The molecule has 22 heavy (non-hydrogen) atoms. The van der Waals surface area contributed by atoms with Crippen LogP contribution in [0.3, 0.4) is 0 Å². The van der Waals surface area contributed by atoms with E-state index in [2.05, 4.69) is 31.4 Å². The van der Waals surface area contributed by atoms with Gasteiger partial charge in [0.1, 0.15) is 17.6 Å². The number of halogens is 1. The molecule has 6 nitrogen and oxygen atoms in total. The smallest absolute Gasteiger partial charge is 0.251 e. The number of oxazole rings is 1. The Balaban J connectivity index is 1.72. The van der Waals surface area contributed by atoms with Crippen LogP contribution >= 0.6 is 15.9 Å². The summed E-state index contributed by atoms with van der Waals surface area (Å²) < 4.78 is 11.6. The topological polar surface area (TPSA) is 87.4 Å². The Morgan fingerprint density at radius 2 is 2.23 bits per heavy atom. The summed E-state index contributed by atoms with van der Waals surface area (Å²) in [5.41, 5.74) is 3.71. The van der Waals surface area contributed by atoms with Gasteiger partial charge in [0.05, 0.1) is 6.21 Å². The number of nitriles is 1. The van der Waals surface area contributed by atoms with E-state index < -0.39 is 0 Å². The van der Waals surface area contributed by atoms with Crippen LogP contribution in [0, 0.1) is 11.3 Å². The second kappa shape index (κ2) is 6.28. The second-order valence-corrected chi connectivity index (χ2v) is 5.14. The summed E-state index contributed by atoms with van der Waals surface area (Å²) in [4.78, 5) is 3.72. The molecule has 0 aliphatic heterocycles. The maximum Gasteiger partial charge on any atom is 0.251 e. The van der Waals surface area contributed by atoms with Crippen LogP contribution in [0.4, 0.5) is 5.88 Å². The number of nitrogens with zero attached hydrogens (tertiary/aromatic N) is 3. The van der Waals surface area contributed by atoms with Crippen molar-refractivity contribution in [2.24, 2.45) is 5.10 Å². The Morgan fingerprint density at radius 1 is 1.32 bits per heavy atom. The number of anilines is 1. The highest BCUT2D eigenvalue weighted by Gasteiger charge is 2.06. The number of benzene rings is 1. The molecule has 0 radical (unpaired) electrons. The zero-order valence-electron chi connectivity index (χ0n) is 11.2. The maximum absolute atomic E-state index is 8.79. The first kappa shape index (κ1) is 14.1. The minimum Gasteiger partial charge on any atom is -0.455 e. The van der Waals surface area contributed by atoms with Gasteiger partial charge in [-0.15, -0.1) is 0 Å². The van der Waals surface area contributed by atoms with Crippen molar-refractivity contribution in [3.8, 4) is 17.4 Å². The molecule has 1 aromatic carbocycles. The van der Waals surface area contributed by atoms with Crippen molar-refractivity contribution in [1.82, 2.24) is 4.98 Å². The first-order chi connectivity index (χ1) is 10.8. The van der Waals surface area contributed by atoms with Crippen molar-refractivity contribution >= 4 is 28.0 Å². The third-order valence-corrected chi connectivity index (χ3v) is 3.26. The van der Waals surface area contributed by atoms with E-state index in [1.807, 2.05) is 36.4 Å². The number of hydrogen-bond donors (Lipinski definition) is 1. The van der Waals surface area contributed by atoms with E-state index in [1.54, 1.807) is 6.07 Å². The molecule has 1 N–H and O–H groups in total. The zero-order chi connectivity index (χ0) is 15.4. The molecule has 0 fully saturated rings. The summed E-state index contributed by atoms with van der Waals surface area (Å²) in [7, 11) is 0. The average molecular weight is 357 g/mol. The number of hydrogen-bond acceptors (Lipinski definition) is 6. The van der Waals surface area contributed by atoms with Crippen LogP contribution in [0.15, 0.2) is 61.2 Å². The first-order valence-corrected chi connectivity index (χ1v) is 7.04. The van der Waals surface area contributed by atoms with Crippen molar-refractivity contribution in [2.75, 3.05) is 5.43 Å². The Labute approximate surface area is 134 Å². The molecular weight excluding hydrogens is 348 g/mol. The summed E-state index contributed by atoms with van der Waals surface area (Å²) in [6.45, 7) is 0. The fourth-order valence-electron chi connectivity index (χ4n) is 1.78. The molecule has 0 saturated heterocycles. The van der Waals surface area contributed by atoms with Crippen LogP contribution in [0.5, 0.6) is 0 Å². The normalized spacial score (nSPS) is 10.7. The third kappa shape index (κ3) is 3.07. The van der Waals surface area contributed by atoms with Gasteiger partial charge in [-0.3, -0.25) is 0 Å². The highest BCUT2D eigenvalue weighted by atomic mass is 79.9. The Kier molecular flexibility index (Phi) is 4.03. The number of furan rings is 1. The number of nitrogens with one attached hydrogen (secondary N) is 1. The van der Waals surface area contributed by atoms with Crippen molar-refractivity contribution in [1.29, 1.82) is 5.26 Å². The van der Waals surface area contributed by atoms with Gasteiger partial charge in [0.15, 0.2) is 6.39 Å². The SMILES string of the molecule is N#Cc1ncoc1NN=Cc1ccc(-c2cccc(Br)c2)o1. The molecule has 0 aliphatic rings. The molecule has 0 spiro atoms. The Hall–Kier alpha value is -2.85. The highest BCUT2D eigenvalue weighted by Crippen LogP contribution is 2.24. The summed E-state index contributed by atoms with van der Waals surface area (Å²) in [5, 5.41) is 12.7. The van der Waals surface area contributed by atoms with Crippen LogP contribution in [-0.2, 0) is 0 Å². The summed E-state index contributed by atoms with van der Waals surface area (Å²) in [6.07, 6.45) is 2.67. The highest BCUT2D eigenvalue weighted by molar-refractivity contribution is 9.10. The molecular formula is C15H9BrN4O2. The van der Waals surface area contributed by atoms with E-state index in [-0.39, 0.29) is 11.6 Å². The van der Waals surface area contributed by atoms with Gasteiger partial charge in [-0.2, -0.15) is 10.4 Å². The monoisotopic (exact) mass is 356 g/mol. The molecule has 7 heteroatoms. The molecule has 3 rings (SSSR count). The van der Waals surface area contributed by atoms with Crippen molar-refractivity contribution in [2.45, 2.75) is 0 Å². The van der Waals surface area contributed by atoms with Gasteiger partial charge in [-0.05, 0) is 24.3 Å². The van der Waals surface area contributed by atoms with Crippen molar-refractivity contribution in [3.05, 3.63) is 58.7 Å². The lowest BCUT2D eigenvalue weighted by molar-refractivity contribution is 0.568. The number of hydrazone groups is 1. The van der Waals surface area contributed by atoms with Gasteiger partial charge < -0.3 is 8.83 Å². The van der Waals surface area contributed by atoms with E-state index >= 15 is 0 Å². The fourth-order valence-corrected chi connectivity index (χ4v) is 2.18. The number of aromatic nitrogens is 1. The summed E-state index contributed by atoms with van der Waals surface area (Å²) >= 11 is 3.42. The molecule has 0 amide bonds. The lowest BCUT2D eigenvalue weighted by atomic mass is 10.2. The molecule has 0 bridgehead atoms. The predicted molar refractivity (Wildman–Crippen MR) is 84.3 cm³/mol. The van der Waals surface area contributed by atoms with E-state index in [0.29, 0.717) is 5.76 Å². The molecule has 3 aromatic rings. The average Bonchev–Trinajstić information content (AvgIpc) is 3.16. The second-order valence-electron chi connectivity index (χ2n) is 4.22. The lowest BCUT2D eigenvalue weighted by Crippen LogP contribution is -1.90. The van der Waals surface area contributed by atoms with Gasteiger partial charge in [-0.1, -0.05) is 28.1 Å². The predicted octanol–water partition coefficient (Wildman–Crippen LogP) is 4.01. The van der Waals surface area contributed by atoms with Gasteiger partial charge in [0.25, 0.3) is 5.88 Å². The third-order valence-electron chi connectivity index (χ3n) is 2.77. The van der Waals surface area contributed by atoms with Gasteiger partial charge in [0.2, 0.25) is 5.69 Å². The van der Waals surface area contributed by atoms with Crippen LogP contribution in [0.25, 0.3) is 11.3 Å². The van der Waals surface area contributed by atoms with Gasteiger partial charge in [0, 0.05) is 10.0 Å². The minimum atomic E-state index is 0.145. The molecule has 2 aromatic heterocycles.